The monoisotopic (exact) mass is 281 g/mol. The minimum atomic E-state index is -3.52. The molecule has 0 atom stereocenters. The SMILES string of the molecule is CCCCCCS(=O)(=O)N1C(=O)CSC1=S. The van der Waals surface area contributed by atoms with E-state index < -0.39 is 15.9 Å². The van der Waals surface area contributed by atoms with Crippen LogP contribution >= 0.6 is 24.0 Å². The van der Waals surface area contributed by atoms with Crippen molar-refractivity contribution in [3.63, 3.8) is 0 Å². The van der Waals surface area contributed by atoms with E-state index in [1.165, 1.54) is 0 Å². The first kappa shape index (κ1) is 13.9. The van der Waals surface area contributed by atoms with Crippen molar-refractivity contribution < 1.29 is 13.2 Å². The molecular weight excluding hydrogens is 266 g/mol. The zero-order valence-corrected chi connectivity index (χ0v) is 11.6. The highest BCUT2D eigenvalue weighted by molar-refractivity contribution is 8.25. The lowest BCUT2D eigenvalue weighted by atomic mass is 10.2. The normalized spacial score (nSPS) is 17.2. The molecule has 0 aliphatic carbocycles. The molecule has 0 aromatic heterocycles. The Labute approximate surface area is 106 Å². The molecule has 1 aliphatic heterocycles. The smallest absolute Gasteiger partial charge is 0.252 e. The van der Waals surface area contributed by atoms with Gasteiger partial charge >= 0.3 is 0 Å². The van der Waals surface area contributed by atoms with E-state index in [9.17, 15) is 13.2 Å². The first-order valence-electron chi connectivity index (χ1n) is 5.21. The molecule has 7 heteroatoms. The van der Waals surface area contributed by atoms with Crippen LogP contribution in [0.3, 0.4) is 0 Å². The molecule has 1 aliphatic rings. The number of carbonyl (C=O) groups excluding carboxylic acids is 1. The molecule has 1 rings (SSSR count). The molecule has 1 saturated heterocycles. The first-order valence-corrected chi connectivity index (χ1v) is 8.22. The third kappa shape index (κ3) is 3.43. The predicted octanol–water partition coefficient (Wildman–Crippen LogP) is 1.76. The number of amides is 1. The number of rotatable bonds is 6. The molecule has 4 nitrogen and oxygen atoms in total. The van der Waals surface area contributed by atoms with Crippen LogP contribution in [0.25, 0.3) is 0 Å². The summed E-state index contributed by atoms with van der Waals surface area (Å²) in [5, 5.41) is 0. The van der Waals surface area contributed by atoms with Crippen molar-refractivity contribution in [2.45, 2.75) is 32.6 Å². The Balaban J connectivity index is 2.56. The number of carbonyl (C=O) groups is 1. The summed E-state index contributed by atoms with van der Waals surface area (Å²) in [6.45, 7) is 2.06. The Morgan fingerprint density at radius 2 is 2.06 bits per heavy atom. The molecule has 92 valence electrons. The summed E-state index contributed by atoms with van der Waals surface area (Å²) in [5.74, 6) is -0.252. The number of hydrogen-bond donors (Lipinski definition) is 0. The van der Waals surface area contributed by atoms with Crippen LogP contribution in [0.2, 0.25) is 0 Å². The number of thioether (sulfide) groups is 1. The molecule has 0 radical (unpaired) electrons. The molecule has 0 spiro atoms. The molecule has 16 heavy (non-hydrogen) atoms. The summed E-state index contributed by atoms with van der Waals surface area (Å²) in [5.41, 5.74) is 0. The average molecular weight is 281 g/mol. The van der Waals surface area contributed by atoms with Crippen molar-refractivity contribution >= 4 is 44.2 Å². The van der Waals surface area contributed by atoms with E-state index in [0.717, 1.165) is 35.3 Å². The number of unbranched alkanes of at least 4 members (excludes halogenated alkanes) is 3. The van der Waals surface area contributed by atoms with Crippen LogP contribution in [0.15, 0.2) is 0 Å². The van der Waals surface area contributed by atoms with E-state index in [2.05, 4.69) is 6.92 Å². The van der Waals surface area contributed by atoms with Crippen LogP contribution < -0.4 is 0 Å². The molecule has 0 aromatic carbocycles. The Kier molecular flexibility index (Phi) is 5.20. The van der Waals surface area contributed by atoms with Crippen LogP contribution in [0.4, 0.5) is 0 Å². The van der Waals surface area contributed by atoms with Gasteiger partial charge in [-0.2, -0.15) is 4.31 Å². The minimum Gasteiger partial charge on any atom is -0.272 e. The van der Waals surface area contributed by atoms with Crippen LogP contribution in [-0.4, -0.2) is 34.5 Å². The highest BCUT2D eigenvalue weighted by Gasteiger charge is 2.36. The van der Waals surface area contributed by atoms with Gasteiger partial charge in [-0.15, -0.1) is 0 Å². The zero-order chi connectivity index (χ0) is 12.2. The molecule has 1 amide bonds. The molecule has 1 heterocycles. The van der Waals surface area contributed by atoms with E-state index in [1.54, 1.807) is 0 Å². The summed E-state index contributed by atoms with van der Waals surface area (Å²) < 4.78 is 24.6. The average Bonchev–Trinajstić information content (AvgIpc) is 2.54. The lowest BCUT2D eigenvalue weighted by Crippen LogP contribution is -2.36. The Bertz CT molecular complexity index is 361. The van der Waals surface area contributed by atoms with Crippen LogP contribution in [0.5, 0.6) is 0 Å². The summed E-state index contributed by atoms with van der Waals surface area (Å²) in [6, 6.07) is 0. The van der Waals surface area contributed by atoms with Gasteiger partial charge in [0.1, 0.15) is 0 Å². The highest BCUT2D eigenvalue weighted by atomic mass is 32.2. The number of nitrogens with zero attached hydrogens (tertiary/aromatic N) is 1. The lowest BCUT2D eigenvalue weighted by molar-refractivity contribution is -0.120. The van der Waals surface area contributed by atoms with Crippen LogP contribution in [0.1, 0.15) is 32.6 Å². The topological polar surface area (TPSA) is 54.5 Å². The highest BCUT2D eigenvalue weighted by Crippen LogP contribution is 2.23. The summed E-state index contributed by atoms with van der Waals surface area (Å²) in [7, 11) is -3.52. The third-order valence-corrected chi connectivity index (χ3v) is 5.58. The largest absolute Gasteiger partial charge is 0.272 e. The fourth-order valence-corrected chi connectivity index (χ4v) is 4.56. The summed E-state index contributed by atoms with van der Waals surface area (Å²) >= 11 is 5.97. The number of sulfonamides is 1. The Morgan fingerprint density at radius 3 is 2.56 bits per heavy atom. The molecule has 0 aromatic rings. The van der Waals surface area contributed by atoms with Crippen LogP contribution in [-0.2, 0) is 14.8 Å². The molecular formula is C9H15NO3S3. The predicted molar refractivity (Wildman–Crippen MR) is 69.8 cm³/mol. The van der Waals surface area contributed by atoms with Gasteiger partial charge in [0.2, 0.25) is 10.0 Å². The van der Waals surface area contributed by atoms with Crippen molar-refractivity contribution in [1.82, 2.24) is 4.31 Å². The molecule has 1 fully saturated rings. The maximum Gasteiger partial charge on any atom is 0.252 e. The van der Waals surface area contributed by atoms with Crippen molar-refractivity contribution in [2.24, 2.45) is 0 Å². The van der Waals surface area contributed by atoms with Crippen molar-refractivity contribution in [1.29, 1.82) is 0 Å². The van der Waals surface area contributed by atoms with E-state index in [1.807, 2.05) is 0 Å². The molecule has 0 bridgehead atoms. The summed E-state index contributed by atoms with van der Waals surface area (Å²) in [4.78, 5) is 11.4. The second-order valence-corrected chi connectivity index (χ2v) is 7.14. The van der Waals surface area contributed by atoms with Gasteiger partial charge in [0.15, 0.2) is 4.32 Å². The first-order chi connectivity index (χ1) is 7.49. The van der Waals surface area contributed by atoms with E-state index in [4.69, 9.17) is 12.2 Å². The van der Waals surface area contributed by atoms with Gasteiger partial charge < -0.3 is 0 Å². The summed E-state index contributed by atoms with van der Waals surface area (Å²) in [6.07, 6.45) is 3.53. The maximum absolute atomic E-state index is 11.8. The number of hydrogen-bond acceptors (Lipinski definition) is 5. The molecule has 0 unspecified atom stereocenters. The quantitative estimate of drug-likeness (QED) is 0.548. The fraction of sp³-hybridized carbons (Fsp3) is 0.778. The van der Waals surface area contributed by atoms with Crippen molar-refractivity contribution in [3.05, 3.63) is 0 Å². The minimum absolute atomic E-state index is 0.0133. The van der Waals surface area contributed by atoms with Gasteiger partial charge in [-0.05, 0) is 6.42 Å². The van der Waals surface area contributed by atoms with Gasteiger partial charge in [-0.3, -0.25) is 4.79 Å². The van der Waals surface area contributed by atoms with Gasteiger partial charge in [-0.25, -0.2) is 8.42 Å². The van der Waals surface area contributed by atoms with E-state index in [-0.39, 0.29) is 15.8 Å². The maximum atomic E-state index is 11.8. The zero-order valence-electron chi connectivity index (χ0n) is 9.14. The second-order valence-electron chi connectivity index (χ2n) is 3.59. The molecule has 0 saturated carbocycles. The van der Waals surface area contributed by atoms with Gasteiger partial charge in [0.25, 0.3) is 5.91 Å². The van der Waals surface area contributed by atoms with Crippen LogP contribution in [0, 0.1) is 0 Å². The van der Waals surface area contributed by atoms with E-state index >= 15 is 0 Å². The van der Waals surface area contributed by atoms with Crippen molar-refractivity contribution in [2.75, 3.05) is 11.5 Å². The van der Waals surface area contributed by atoms with Gasteiger partial charge in [0, 0.05) is 0 Å². The Morgan fingerprint density at radius 1 is 1.38 bits per heavy atom. The number of thiocarbonyl (C=S) groups is 1. The lowest BCUT2D eigenvalue weighted by Gasteiger charge is -2.14. The van der Waals surface area contributed by atoms with E-state index in [0.29, 0.717) is 6.42 Å². The van der Waals surface area contributed by atoms with Crippen molar-refractivity contribution in [3.8, 4) is 0 Å². The van der Waals surface area contributed by atoms with Gasteiger partial charge in [0.05, 0.1) is 11.5 Å². The fourth-order valence-electron chi connectivity index (χ4n) is 1.41. The second kappa shape index (κ2) is 5.97. The molecule has 0 N–H and O–H groups in total. The third-order valence-electron chi connectivity index (χ3n) is 2.25. The standard InChI is InChI=1S/C9H15NO3S3/c1-2-3-4-5-6-16(12,13)10-8(11)7-15-9(10)14/h2-7H2,1H3. The van der Waals surface area contributed by atoms with Gasteiger partial charge in [-0.1, -0.05) is 50.2 Å². The Hall–Kier alpha value is -0.140.